The lowest BCUT2D eigenvalue weighted by Crippen LogP contribution is -1.99. The van der Waals surface area contributed by atoms with Gasteiger partial charge in [0.1, 0.15) is 11.6 Å². The summed E-state index contributed by atoms with van der Waals surface area (Å²) < 4.78 is 5.34. The molecule has 2 heterocycles. The van der Waals surface area contributed by atoms with Crippen LogP contribution in [0.5, 0.6) is 5.75 Å². The number of halogens is 1. The van der Waals surface area contributed by atoms with Crippen LogP contribution in [0.15, 0.2) is 66.9 Å². The van der Waals surface area contributed by atoms with E-state index in [1.807, 2.05) is 60.7 Å². The Hall–Kier alpha value is -3.64. The monoisotopic (exact) mass is 401 g/mol. The molecule has 3 aromatic carbocycles. The highest BCUT2D eigenvalue weighted by molar-refractivity contribution is 6.31. The molecule has 0 spiro atoms. The second-order valence-electron chi connectivity index (χ2n) is 6.59. The van der Waals surface area contributed by atoms with Crippen LogP contribution in [0.3, 0.4) is 0 Å². The fraction of sp³-hybridized carbons (Fsp3) is 0.0455. The summed E-state index contributed by atoms with van der Waals surface area (Å²) in [7, 11) is 1.64. The van der Waals surface area contributed by atoms with E-state index in [-0.39, 0.29) is 0 Å². The molecule has 0 aliphatic rings. The summed E-state index contributed by atoms with van der Waals surface area (Å²) in [4.78, 5) is 9.51. The third kappa shape index (κ3) is 3.34. The molecule has 29 heavy (non-hydrogen) atoms. The van der Waals surface area contributed by atoms with Crippen LogP contribution in [-0.4, -0.2) is 27.3 Å². The highest BCUT2D eigenvalue weighted by atomic mass is 35.5. The average molecular weight is 402 g/mol. The number of nitrogens with zero attached hydrogens (tertiary/aromatic N) is 3. The largest absolute Gasteiger partial charge is 0.497 e. The number of benzene rings is 3. The molecule has 0 aliphatic carbocycles. The second-order valence-corrected chi connectivity index (χ2v) is 7.02. The maximum Gasteiger partial charge on any atom is 0.162 e. The first-order valence-corrected chi connectivity index (χ1v) is 9.39. The van der Waals surface area contributed by atoms with Crippen LogP contribution >= 0.6 is 11.6 Å². The molecule has 7 heteroatoms. The predicted molar refractivity (Wildman–Crippen MR) is 116 cm³/mol. The maximum atomic E-state index is 6.22. The lowest BCUT2D eigenvalue weighted by Gasteiger charge is -2.12. The summed E-state index contributed by atoms with van der Waals surface area (Å²) >= 11 is 6.22. The van der Waals surface area contributed by atoms with Crippen molar-refractivity contribution in [3.05, 3.63) is 71.9 Å². The van der Waals surface area contributed by atoms with E-state index in [0.717, 1.165) is 38.8 Å². The topological polar surface area (TPSA) is 75.7 Å². The van der Waals surface area contributed by atoms with Crippen molar-refractivity contribution in [3.63, 3.8) is 0 Å². The van der Waals surface area contributed by atoms with Crippen molar-refractivity contribution in [2.45, 2.75) is 0 Å². The molecule has 2 aromatic heterocycles. The summed E-state index contributed by atoms with van der Waals surface area (Å²) in [6, 6.07) is 19.3. The number of nitrogens with one attached hydrogen (secondary N) is 2. The lowest BCUT2D eigenvalue weighted by atomic mass is 10.1. The number of aromatic amines is 1. The van der Waals surface area contributed by atoms with Gasteiger partial charge < -0.3 is 10.1 Å². The van der Waals surface area contributed by atoms with Gasteiger partial charge in [-0.25, -0.2) is 9.97 Å². The molecule has 5 aromatic rings. The molecule has 0 amide bonds. The van der Waals surface area contributed by atoms with Crippen LogP contribution in [-0.2, 0) is 0 Å². The molecular weight excluding hydrogens is 386 g/mol. The normalized spacial score (nSPS) is 11.1. The highest BCUT2D eigenvalue weighted by Crippen LogP contribution is 2.30. The second kappa shape index (κ2) is 7.07. The van der Waals surface area contributed by atoms with Gasteiger partial charge in [-0.1, -0.05) is 23.7 Å². The Labute approximate surface area is 171 Å². The Kier molecular flexibility index (Phi) is 4.26. The zero-order valence-corrected chi connectivity index (χ0v) is 16.2. The molecule has 0 bridgehead atoms. The van der Waals surface area contributed by atoms with E-state index >= 15 is 0 Å². The lowest BCUT2D eigenvalue weighted by molar-refractivity contribution is 0.415. The van der Waals surface area contributed by atoms with Crippen LogP contribution in [0.2, 0.25) is 5.02 Å². The first kappa shape index (κ1) is 17.5. The molecule has 0 fully saturated rings. The van der Waals surface area contributed by atoms with Gasteiger partial charge in [0.2, 0.25) is 0 Å². The number of hydrogen-bond acceptors (Lipinski definition) is 5. The first-order valence-electron chi connectivity index (χ1n) is 9.01. The number of methoxy groups -OCH3 is 1. The van der Waals surface area contributed by atoms with Crippen molar-refractivity contribution in [1.29, 1.82) is 0 Å². The molecule has 0 saturated heterocycles. The molecule has 0 radical (unpaired) electrons. The Morgan fingerprint density at radius 1 is 1.00 bits per heavy atom. The molecule has 0 unspecified atom stereocenters. The third-order valence-electron chi connectivity index (χ3n) is 4.69. The van der Waals surface area contributed by atoms with Gasteiger partial charge in [-0.15, -0.1) is 0 Å². The molecule has 0 atom stereocenters. The number of hydrogen-bond donors (Lipinski definition) is 2. The van der Waals surface area contributed by atoms with Gasteiger partial charge in [-0.05, 0) is 48.5 Å². The van der Waals surface area contributed by atoms with E-state index in [2.05, 4.69) is 15.5 Å². The van der Waals surface area contributed by atoms with Crippen molar-refractivity contribution in [1.82, 2.24) is 20.2 Å². The number of H-pyrrole nitrogens is 1. The van der Waals surface area contributed by atoms with Crippen LogP contribution in [0.4, 0.5) is 11.5 Å². The fourth-order valence-electron chi connectivity index (χ4n) is 3.25. The number of anilines is 2. The molecule has 2 N–H and O–H groups in total. The Morgan fingerprint density at radius 2 is 1.93 bits per heavy atom. The fourth-order valence-corrected chi connectivity index (χ4v) is 3.41. The minimum Gasteiger partial charge on any atom is -0.497 e. The van der Waals surface area contributed by atoms with Gasteiger partial charge in [0.15, 0.2) is 5.82 Å². The molecule has 0 saturated carbocycles. The van der Waals surface area contributed by atoms with Crippen molar-refractivity contribution in [2.75, 3.05) is 12.4 Å². The predicted octanol–water partition coefficient (Wildman–Crippen LogP) is 5.58. The van der Waals surface area contributed by atoms with Gasteiger partial charge in [-0.2, -0.15) is 5.10 Å². The average Bonchev–Trinajstić information content (AvgIpc) is 3.21. The molecule has 0 aliphatic heterocycles. The van der Waals surface area contributed by atoms with Crippen LogP contribution in [0.1, 0.15) is 0 Å². The Bertz CT molecular complexity index is 1350. The van der Waals surface area contributed by atoms with Crippen LogP contribution in [0, 0.1) is 0 Å². The van der Waals surface area contributed by atoms with Crippen molar-refractivity contribution < 1.29 is 4.74 Å². The van der Waals surface area contributed by atoms with Gasteiger partial charge in [0.25, 0.3) is 0 Å². The summed E-state index contributed by atoms with van der Waals surface area (Å²) in [5.41, 5.74) is 3.51. The minimum atomic E-state index is 0.588. The van der Waals surface area contributed by atoms with E-state index in [4.69, 9.17) is 26.3 Å². The van der Waals surface area contributed by atoms with E-state index in [0.29, 0.717) is 16.7 Å². The quantitative estimate of drug-likeness (QED) is 0.411. The van der Waals surface area contributed by atoms with E-state index in [1.165, 1.54) is 0 Å². The van der Waals surface area contributed by atoms with Gasteiger partial charge in [0, 0.05) is 27.0 Å². The Balaban J connectivity index is 1.65. The summed E-state index contributed by atoms with van der Waals surface area (Å²) in [5, 5.41) is 13.0. The zero-order valence-electron chi connectivity index (χ0n) is 15.5. The summed E-state index contributed by atoms with van der Waals surface area (Å²) in [5.74, 6) is 2.04. The third-order valence-corrected chi connectivity index (χ3v) is 4.92. The summed E-state index contributed by atoms with van der Waals surface area (Å²) in [6.45, 7) is 0. The molecular formula is C22H16ClN5O. The van der Waals surface area contributed by atoms with E-state index in [9.17, 15) is 0 Å². The van der Waals surface area contributed by atoms with E-state index < -0.39 is 0 Å². The maximum absolute atomic E-state index is 6.22. The number of aromatic nitrogens is 4. The first-order chi connectivity index (χ1) is 14.2. The van der Waals surface area contributed by atoms with Gasteiger partial charge in [0.05, 0.1) is 24.3 Å². The number of ether oxygens (including phenoxy) is 1. The SMILES string of the molecule is COc1cccc(-c2nc(Nc3ccc4[nH]ncc4c3)c3ccc(Cl)cc3n2)c1. The minimum absolute atomic E-state index is 0.588. The van der Waals surface area contributed by atoms with Gasteiger partial charge >= 0.3 is 0 Å². The Morgan fingerprint density at radius 3 is 2.83 bits per heavy atom. The molecule has 6 nitrogen and oxygen atoms in total. The van der Waals surface area contributed by atoms with Crippen LogP contribution < -0.4 is 10.1 Å². The van der Waals surface area contributed by atoms with Crippen molar-refractivity contribution in [2.24, 2.45) is 0 Å². The van der Waals surface area contributed by atoms with Crippen molar-refractivity contribution >= 4 is 44.9 Å². The van der Waals surface area contributed by atoms with E-state index in [1.54, 1.807) is 13.3 Å². The van der Waals surface area contributed by atoms with Gasteiger partial charge in [-0.3, -0.25) is 5.10 Å². The van der Waals surface area contributed by atoms with Crippen molar-refractivity contribution in [3.8, 4) is 17.1 Å². The highest BCUT2D eigenvalue weighted by Gasteiger charge is 2.12. The number of rotatable bonds is 4. The standard InChI is InChI=1S/C22H16ClN5O/c1-29-17-4-2-3-13(10-17)21-26-20-11-15(23)5-7-18(20)22(27-21)25-16-6-8-19-14(9-16)12-24-28-19/h2-12H,1H3,(H,24,28)(H,25,26,27). The molecule has 142 valence electrons. The smallest absolute Gasteiger partial charge is 0.162 e. The summed E-state index contributed by atoms with van der Waals surface area (Å²) in [6.07, 6.45) is 1.79. The van der Waals surface area contributed by atoms with Crippen LogP contribution in [0.25, 0.3) is 33.2 Å². The molecule has 5 rings (SSSR count). The number of fused-ring (bicyclic) bond motifs is 2. The zero-order chi connectivity index (χ0) is 19.8.